The van der Waals surface area contributed by atoms with E-state index in [9.17, 15) is 4.79 Å². The van der Waals surface area contributed by atoms with Crippen molar-refractivity contribution in [3.05, 3.63) is 26.2 Å². The fourth-order valence-corrected chi connectivity index (χ4v) is 3.35. The first kappa shape index (κ1) is 12.0. The molecule has 1 heterocycles. The molecule has 0 saturated heterocycles. The number of rotatable bonds is 1. The monoisotopic (exact) mass is 294 g/mol. The number of hydrogen-bond donors (Lipinski definition) is 1. The van der Waals surface area contributed by atoms with Crippen molar-refractivity contribution in [2.75, 3.05) is 6.26 Å². The van der Waals surface area contributed by atoms with Gasteiger partial charge in [-0.25, -0.2) is 0 Å². The molecule has 0 aliphatic carbocycles. The summed E-state index contributed by atoms with van der Waals surface area (Å²) in [5.41, 5.74) is 6.15. The molecule has 0 fully saturated rings. The molecule has 0 spiro atoms. The van der Waals surface area contributed by atoms with Crippen LogP contribution in [-0.2, 0) is 0 Å². The molecule has 2 N–H and O–H groups in total. The van der Waals surface area contributed by atoms with Crippen LogP contribution in [0.3, 0.4) is 0 Å². The molecule has 0 bridgehead atoms. The molecule has 3 nitrogen and oxygen atoms in total. The van der Waals surface area contributed by atoms with E-state index in [-0.39, 0.29) is 21.4 Å². The summed E-state index contributed by atoms with van der Waals surface area (Å²) in [6.07, 6.45) is 1.79. The van der Waals surface area contributed by atoms with Crippen LogP contribution in [0, 0.1) is 0 Å². The van der Waals surface area contributed by atoms with Crippen LogP contribution >= 0.6 is 46.6 Å². The summed E-state index contributed by atoms with van der Waals surface area (Å²) in [4.78, 5) is 15.7. The number of fused-ring (bicyclic) bond motifs is 1. The molecule has 2 rings (SSSR count). The van der Waals surface area contributed by atoms with Crippen LogP contribution < -0.4 is 5.73 Å². The van der Waals surface area contributed by atoms with Crippen LogP contribution in [0.25, 0.3) is 0 Å². The average molecular weight is 296 g/mol. The Kier molecular flexibility index (Phi) is 3.09. The van der Waals surface area contributed by atoms with E-state index < -0.39 is 5.91 Å². The molecule has 0 atom stereocenters. The SMILES string of the molecule is CSc1c(Cl)c(Cl)c2c(c1Cl)C(=O)N=C2N. The van der Waals surface area contributed by atoms with Gasteiger partial charge < -0.3 is 5.73 Å². The zero-order valence-electron chi connectivity index (χ0n) is 7.97. The highest BCUT2D eigenvalue weighted by Gasteiger charge is 2.31. The van der Waals surface area contributed by atoms with E-state index in [1.54, 1.807) is 6.26 Å². The molecule has 1 amide bonds. The van der Waals surface area contributed by atoms with Crippen LogP contribution in [0.15, 0.2) is 9.89 Å². The van der Waals surface area contributed by atoms with Crippen molar-refractivity contribution in [3.63, 3.8) is 0 Å². The Morgan fingerprint density at radius 2 is 1.75 bits per heavy atom. The number of carbonyl (C=O) groups is 1. The minimum absolute atomic E-state index is 0.0569. The molecule has 1 aliphatic rings. The fourth-order valence-electron chi connectivity index (χ4n) is 1.48. The van der Waals surface area contributed by atoms with Crippen molar-refractivity contribution in [1.29, 1.82) is 0 Å². The number of nitrogens with zero attached hydrogens (tertiary/aromatic N) is 1. The Morgan fingerprint density at radius 3 is 2.31 bits per heavy atom. The molecular weight excluding hydrogens is 291 g/mol. The van der Waals surface area contributed by atoms with Gasteiger partial charge in [0.15, 0.2) is 0 Å². The highest BCUT2D eigenvalue weighted by molar-refractivity contribution is 7.98. The first-order valence-corrected chi connectivity index (χ1v) is 6.48. The van der Waals surface area contributed by atoms with E-state index in [2.05, 4.69) is 4.99 Å². The summed E-state index contributed by atoms with van der Waals surface area (Å²) in [6.45, 7) is 0. The molecule has 84 valence electrons. The molecule has 16 heavy (non-hydrogen) atoms. The predicted molar refractivity (Wildman–Crippen MR) is 68.3 cm³/mol. The number of amidine groups is 1. The molecule has 0 aromatic heterocycles. The number of halogens is 3. The first-order valence-electron chi connectivity index (χ1n) is 4.12. The zero-order valence-corrected chi connectivity index (χ0v) is 11.1. The van der Waals surface area contributed by atoms with Gasteiger partial charge in [0.2, 0.25) is 0 Å². The minimum Gasteiger partial charge on any atom is -0.383 e. The van der Waals surface area contributed by atoms with E-state index >= 15 is 0 Å². The Hall–Kier alpha value is -0.420. The molecule has 1 aromatic carbocycles. The first-order chi connectivity index (χ1) is 7.49. The van der Waals surface area contributed by atoms with Crippen molar-refractivity contribution in [2.45, 2.75) is 4.90 Å². The lowest BCUT2D eigenvalue weighted by Crippen LogP contribution is -2.11. The Bertz CT molecular complexity index is 542. The Morgan fingerprint density at radius 1 is 1.12 bits per heavy atom. The number of aliphatic imine (C=N–C) groups is 1. The lowest BCUT2D eigenvalue weighted by Gasteiger charge is -2.11. The maximum Gasteiger partial charge on any atom is 0.281 e. The highest BCUT2D eigenvalue weighted by Crippen LogP contribution is 2.44. The van der Waals surface area contributed by atoms with Gasteiger partial charge in [0, 0.05) is 4.90 Å². The van der Waals surface area contributed by atoms with Gasteiger partial charge in [-0.1, -0.05) is 34.8 Å². The lowest BCUT2D eigenvalue weighted by atomic mass is 10.1. The van der Waals surface area contributed by atoms with E-state index in [0.717, 1.165) is 0 Å². The van der Waals surface area contributed by atoms with E-state index in [1.807, 2.05) is 0 Å². The maximum absolute atomic E-state index is 11.6. The third-order valence-electron chi connectivity index (χ3n) is 2.18. The van der Waals surface area contributed by atoms with Crippen LogP contribution in [0.4, 0.5) is 0 Å². The lowest BCUT2D eigenvalue weighted by molar-refractivity contribution is 0.101. The minimum atomic E-state index is -0.480. The second kappa shape index (κ2) is 4.11. The van der Waals surface area contributed by atoms with Gasteiger partial charge in [0.05, 0.1) is 26.2 Å². The fraction of sp³-hybridized carbons (Fsp3) is 0.111. The Balaban J connectivity index is 2.88. The van der Waals surface area contributed by atoms with Crippen LogP contribution in [0.1, 0.15) is 15.9 Å². The number of benzene rings is 1. The van der Waals surface area contributed by atoms with E-state index in [4.69, 9.17) is 40.5 Å². The molecular formula is C9H5Cl3N2OS. The standard InChI is InChI=1S/C9H5Cl3N2OS/c1-16-7-5(11)3-2(4(10)6(7)12)8(13)14-9(3)15/h1H3,(H2,13,14,15). The maximum atomic E-state index is 11.6. The van der Waals surface area contributed by atoms with Gasteiger partial charge in [-0.2, -0.15) is 4.99 Å². The normalized spacial score (nSPS) is 14.0. The van der Waals surface area contributed by atoms with Gasteiger partial charge in [0.25, 0.3) is 5.91 Å². The number of carbonyl (C=O) groups excluding carboxylic acids is 1. The second-order valence-corrected chi connectivity index (χ2v) is 4.98. The Labute approximate surface area is 111 Å². The summed E-state index contributed by atoms with van der Waals surface area (Å²) in [5, 5.41) is 0.773. The summed E-state index contributed by atoms with van der Waals surface area (Å²) >= 11 is 19.5. The zero-order chi connectivity index (χ0) is 12.0. The van der Waals surface area contributed by atoms with E-state index in [0.29, 0.717) is 15.5 Å². The van der Waals surface area contributed by atoms with Crippen molar-refractivity contribution in [3.8, 4) is 0 Å². The van der Waals surface area contributed by atoms with Crippen molar-refractivity contribution >= 4 is 58.3 Å². The van der Waals surface area contributed by atoms with Crippen molar-refractivity contribution < 1.29 is 4.79 Å². The van der Waals surface area contributed by atoms with Gasteiger partial charge in [-0.3, -0.25) is 4.79 Å². The van der Waals surface area contributed by atoms with Crippen molar-refractivity contribution in [1.82, 2.24) is 0 Å². The molecule has 7 heteroatoms. The van der Waals surface area contributed by atoms with Crippen molar-refractivity contribution in [2.24, 2.45) is 10.7 Å². The molecule has 0 unspecified atom stereocenters. The van der Waals surface area contributed by atoms with Gasteiger partial charge in [0.1, 0.15) is 5.84 Å². The molecule has 0 radical (unpaired) electrons. The summed E-state index contributed by atoms with van der Waals surface area (Å²) in [7, 11) is 0. The summed E-state index contributed by atoms with van der Waals surface area (Å²) < 4.78 is 0. The topological polar surface area (TPSA) is 55.5 Å². The number of nitrogens with two attached hydrogens (primary N) is 1. The third kappa shape index (κ3) is 1.52. The smallest absolute Gasteiger partial charge is 0.281 e. The van der Waals surface area contributed by atoms with Gasteiger partial charge >= 0.3 is 0 Å². The summed E-state index contributed by atoms with van der Waals surface area (Å²) in [6, 6.07) is 0. The third-order valence-corrected chi connectivity index (χ3v) is 4.45. The summed E-state index contributed by atoms with van der Waals surface area (Å²) in [5.74, 6) is -0.423. The predicted octanol–water partition coefficient (Wildman–Crippen LogP) is 3.23. The quantitative estimate of drug-likeness (QED) is 0.639. The highest BCUT2D eigenvalue weighted by atomic mass is 35.5. The van der Waals surface area contributed by atoms with E-state index in [1.165, 1.54) is 11.8 Å². The van der Waals surface area contributed by atoms with Gasteiger partial charge in [-0.05, 0) is 6.26 Å². The van der Waals surface area contributed by atoms with Gasteiger partial charge in [-0.15, -0.1) is 11.8 Å². The van der Waals surface area contributed by atoms with Crippen LogP contribution in [0.2, 0.25) is 15.1 Å². The number of amides is 1. The number of thioether (sulfide) groups is 1. The molecule has 0 saturated carbocycles. The number of hydrogen-bond acceptors (Lipinski definition) is 3. The largest absolute Gasteiger partial charge is 0.383 e. The average Bonchev–Trinajstić information content (AvgIpc) is 2.52. The molecule has 1 aliphatic heterocycles. The second-order valence-electron chi connectivity index (χ2n) is 3.03. The molecule has 1 aromatic rings. The van der Waals surface area contributed by atoms with Crippen LogP contribution in [0.5, 0.6) is 0 Å². The van der Waals surface area contributed by atoms with Crippen LogP contribution in [-0.4, -0.2) is 18.0 Å².